The molecule has 1 unspecified atom stereocenters. The van der Waals surface area contributed by atoms with Gasteiger partial charge in [-0.15, -0.1) is 0 Å². The third-order valence-electron chi connectivity index (χ3n) is 6.21. The minimum Gasteiger partial charge on any atom is -0.507 e. The van der Waals surface area contributed by atoms with Crippen molar-refractivity contribution in [2.24, 2.45) is 0 Å². The highest BCUT2D eigenvalue weighted by Gasteiger charge is 2.46. The van der Waals surface area contributed by atoms with Crippen molar-refractivity contribution in [3.63, 3.8) is 0 Å². The van der Waals surface area contributed by atoms with Gasteiger partial charge in [-0.25, -0.2) is 4.39 Å². The second-order valence-electron chi connectivity index (χ2n) is 8.40. The zero-order valence-electron chi connectivity index (χ0n) is 20.3. The van der Waals surface area contributed by atoms with E-state index in [4.69, 9.17) is 4.74 Å². The molecule has 1 atom stereocenters. The first-order chi connectivity index (χ1) is 16.3. The van der Waals surface area contributed by atoms with Gasteiger partial charge in [0.15, 0.2) is 0 Å². The smallest absolute Gasteiger partial charge is 0.295 e. The van der Waals surface area contributed by atoms with Crippen LogP contribution in [0.15, 0.2) is 48.0 Å². The molecule has 1 N–H and O–H groups in total. The average Bonchev–Trinajstić information content (AvgIpc) is 3.10. The Balaban J connectivity index is 2.07. The number of aliphatic hydroxyl groups is 1. The second-order valence-corrected chi connectivity index (χ2v) is 8.40. The zero-order chi connectivity index (χ0) is 24.8. The Morgan fingerprint density at radius 3 is 2.35 bits per heavy atom. The number of hydrogen-bond donors (Lipinski definition) is 1. The fourth-order valence-electron chi connectivity index (χ4n) is 4.11. The molecular weight excluding hydrogens is 435 g/mol. The minimum atomic E-state index is -0.778. The number of carbonyl (C=O) groups excluding carboxylic acids is 2. The second kappa shape index (κ2) is 11.3. The van der Waals surface area contributed by atoms with E-state index < -0.39 is 23.5 Å². The lowest BCUT2D eigenvalue weighted by atomic mass is 9.95. The monoisotopic (exact) mass is 468 g/mol. The number of hydrogen-bond acceptors (Lipinski definition) is 5. The van der Waals surface area contributed by atoms with Crippen LogP contribution in [0, 0.1) is 12.7 Å². The molecule has 2 aromatic carbocycles. The van der Waals surface area contributed by atoms with E-state index in [2.05, 4.69) is 4.90 Å². The van der Waals surface area contributed by atoms with Crippen molar-refractivity contribution < 1.29 is 23.8 Å². The van der Waals surface area contributed by atoms with Crippen LogP contribution in [-0.2, 0) is 9.59 Å². The van der Waals surface area contributed by atoms with Crippen LogP contribution in [0.25, 0.3) is 5.76 Å². The van der Waals surface area contributed by atoms with E-state index in [-0.39, 0.29) is 16.9 Å². The molecule has 6 nitrogen and oxygen atoms in total. The first-order valence-corrected chi connectivity index (χ1v) is 11.8. The van der Waals surface area contributed by atoms with Crippen LogP contribution < -0.4 is 4.74 Å². The summed E-state index contributed by atoms with van der Waals surface area (Å²) >= 11 is 0. The van der Waals surface area contributed by atoms with Crippen LogP contribution >= 0.6 is 0 Å². The lowest BCUT2D eigenvalue weighted by Gasteiger charge is -2.28. The molecule has 34 heavy (non-hydrogen) atoms. The Hall–Kier alpha value is -3.19. The molecule has 1 amide bonds. The van der Waals surface area contributed by atoms with Crippen molar-refractivity contribution >= 4 is 17.4 Å². The molecular formula is C27H33FN2O4. The number of likely N-dealkylation sites (N-methyl/N-ethyl adjacent to an activating group) is 1. The first kappa shape index (κ1) is 25.4. The maximum atomic E-state index is 14.2. The molecule has 0 aliphatic carbocycles. The average molecular weight is 469 g/mol. The number of nitrogens with zero attached hydrogens (tertiary/aromatic N) is 2. The molecule has 0 bridgehead atoms. The van der Waals surface area contributed by atoms with Crippen molar-refractivity contribution in [1.29, 1.82) is 0 Å². The van der Waals surface area contributed by atoms with Gasteiger partial charge in [-0.2, -0.15) is 0 Å². The van der Waals surface area contributed by atoms with E-state index in [1.165, 1.54) is 17.0 Å². The highest BCUT2D eigenvalue weighted by Crippen LogP contribution is 2.39. The van der Waals surface area contributed by atoms with Crippen molar-refractivity contribution in [2.75, 3.05) is 32.8 Å². The Labute approximate surface area is 200 Å². The van der Waals surface area contributed by atoms with Gasteiger partial charge in [0, 0.05) is 18.7 Å². The fraction of sp³-hybridized carbons (Fsp3) is 0.407. The molecule has 182 valence electrons. The van der Waals surface area contributed by atoms with Crippen molar-refractivity contribution in [3.8, 4) is 5.75 Å². The van der Waals surface area contributed by atoms with E-state index in [1.54, 1.807) is 37.3 Å². The van der Waals surface area contributed by atoms with Crippen LogP contribution in [0.3, 0.4) is 0 Å². The number of aryl methyl sites for hydroxylation is 1. The van der Waals surface area contributed by atoms with Crippen LogP contribution in [0.2, 0.25) is 0 Å². The molecule has 2 aromatic rings. The van der Waals surface area contributed by atoms with E-state index >= 15 is 0 Å². The summed E-state index contributed by atoms with van der Waals surface area (Å²) in [4.78, 5) is 29.8. The number of rotatable bonds is 10. The van der Waals surface area contributed by atoms with Crippen molar-refractivity contribution in [1.82, 2.24) is 9.80 Å². The van der Waals surface area contributed by atoms with Gasteiger partial charge in [-0.3, -0.25) is 9.59 Å². The third-order valence-corrected chi connectivity index (χ3v) is 6.21. The maximum Gasteiger partial charge on any atom is 0.295 e. The largest absolute Gasteiger partial charge is 0.507 e. The van der Waals surface area contributed by atoms with E-state index in [9.17, 15) is 19.1 Å². The van der Waals surface area contributed by atoms with E-state index in [0.29, 0.717) is 36.6 Å². The van der Waals surface area contributed by atoms with Gasteiger partial charge in [0.05, 0.1) is 18.2 Å². The summed E-state index contributed by atoms with van der Waals surface area (Å²) in [6.07, 6.45) is 0.875. The number of amides is 1. The molecule has 7 heteroatoms. The number of aliphatic hydroxyl groups excluding tert-OH is 1. The highest BCUT2D eigenvalue weighted by atomic mass is 19.1. The number of halogens is 1. The molecule has 1 heterocycles. The summed E-state index contributed by atoms with van der Waals surface area (Å²) < 4.78 is 19.9. The number of likely N-dealkylation sites (tertiary alicyclic amines) is 1. The topological polar surface area (TPSA) is 70.1 Å². The standard InChI is InChI=1S/C27H33FN2O4/c1-5-16-34-21-12-10-19(11-13-21)24-23(25(31)20-9-8-18(4)22(28)17-20)26(32)27(33)30(24)15-14-29(6-2)7-3/h8-13,17,24,31H,5-7,14-16H2,1-4H3/b25-23-. The molecule has 1 aliphatic rings. The predicted octanol–water partition coefficient (Wildman–Crippen LogP) is 4.69. The van der Waals surface area contributed by atoms with Gasteiger partial charge in [-0.1, -0.05) is 45.0 Å². The Morgan fingerprint density at radius 1 is 1.09 bits per heavy atom. The molecule has 1 saturated heterocycles. The van der Waals surface area contributed by atoms with Gasteiger partial charge >= 0.3 is 0 Å². The number of ether oxygens (including phenoxy) is 1. The summed E-state index contributed by atoms with van der Waals surface area (Å²) in [5, 5.41) is 11.1. The summed E-state index contributed by atoms with van der Waals surface area (Å²) in [6, 6.07) is 10.7. The molecule has 0 radical (unpaired) electrons. The van der Waals surface area contributed by atoms with Gasteiger partial charge < -0.3 is 19.6 Å². The molecule has 1 fully saturated rings. The van der Waals surface area contributed by atoms with Crippen molar-refractivity contribution in [2.45, 2.75) is 40.2 Å². The molecule has 0 aromatic heterocycles. The first-order valence-electron chi connectivity index (χ1n) is 11.8. The normalized spacial score (nSPS) is 17.6. The maximum absolute atomic E-state index is 14.2. The van der Waals surface area contributed by atoms with E-state index in [0.717, 1.165) is 19.5 Å². The summed E-state index contributed by atoms with van der Waals surface area (Å²) in [6.45, 7) is 10.8. The lowest BCUT2D eigenvalue weighted by molar-refractivity contribution is -0.140. The van der Waals surface area contributed by atoms with Gasteiger partial charge in [0.25, 0.3) is 11.7 Å². The lowest BCUT2D eigenvalue weighted by Crippen LogP contribution is -2.38. The number of carbonyl (C=O) groups is 2. The summed E-state index contributed by atoms with van der Waals surface area (Å²) in [7, 11) is 0. The minimum absolute atomic E-state index is 0.0324. The van der Waals surface area contributed by atoms with E-state index in [1.807, 2.05) is 20.8 Å². The molecule has 0 saturated carbocycles. The highest BCUT2D eigenvalue weighted by molar-refractivity contribution is 6.46. The predicted molar refractivity (Wildman–Crippen MR) is 130 cm³/mol. The van der Waals surface area contributed by atoms with Gasteiger partial charge in [0.1, 0.15) is 17.3 Å². The summed E-state index contributed by atoms with van der Waals surface area (Å²) in [5.74, 6) is -1.62. The summed E-state index contributed by atoms with van der Waals surface area (Å²) in [5.41, 5.74) is 1.24. The third kappa shape index (κ3) is 5.30. The molecule has 1 aliphatic heterocycles. The number of benzene rings is 2. The van der Waals surface area contributed by atoms with Crippen LogP contribution in [-0.4, -0.2) is 59.4 Å². The quantitative estimate of drug-likeness (QED) is 0.311. The van der Waals surface area contributed by atoms with Gasteiger partial charge in [-0.05, 0) is 55.8 Å². The van der Waals surface area contributed by atoms with Crippen LogP contribution in [0.1, 0.15) is 49.9 Å². The number of ketones is 1. The van der Waals surface area contributed by atoms with Gasteiger partial charge in [0.2, 0.25) is 0 Å². The Kier molecular flexibility index (Phi) is 8.45. The Bertz CT molecular complexity index is 1060. The van der Waals surface area contributed by atoms with Crippen molar-refractivity contribution in [3.05, 3.63) is 70.5 Å². The Morgan fingerprint density at radius 2 is 1.76 bits per heavy atom. The number of Topliss-reactive ketones (excluding diaryl/α,β-unsaturated/α-hetero) is 1. The SMILES string of the molecule is CCCOc1ccc(C2/C(=C(/O)c3ccc(C)c(F)c3)C(=O)C(=O)N2CCN(CC)CC)cc1. The van der Waals surface area contributed by atoms with Crippen LogP contribution in [0.5, 0.6) is 5.75 Å². The zero-order valence-corrected chi connectivity index (χ0v) is 20.3. The molecule has 3 rings (SSSR count). The van der Waals surface area contributed by atoms with Crippen LogP contribution in [0.4, 0.5) is 4.39 Å². The fourth-order valence-corrected chi connectivity index (χ4v) is 4.11. The molecule has 0 spiro atoms.